The van der Waals surface area contributed by atoms with Crippen molar-refractivity contribution >= 4 is 40.8 Å². The molecule has 0 bridgehead atoms. The van der Waals surface area contributed by atoms with Gasteiger partial charge in [-0.25, -0.2) is 9.78 Å². The van der Waals surface area contributed by atoms with Gasteiger partial charge < -0.3 is 4.74 Å². The molecule has 0 amide bonds. The molecule has 1 aromatic carbocycles. The fraction of sp³-hybridized carbons (Fsp3) is 0.0769. The van der Waals surface area contributed by atoms with E-state index in [9.17, 15) is 4.79 Å². The highest BCUT2D eigenvalue weighted by molar-refractivity contribution is 6.36. The van der Waals surface area contributed by atoms with E-state index >= 15 is 0 Å². The molecule has 0 atom stereocenters. The van der Waals surface area contributed by atoms with Crippen molar-refractivity contribution < 1.29 is 9.53 Å². The SMILES string of the molecule is COC(=O)c1cc(Cl)nc(-c2ccc(Cl)cc2Cl)c1. The number of pyridine rings is 1. The average Bonchev–Trinajstić information content (AvgIpc) is 2.37. The molecule has 0 aliphatic carbocycles. The van der Waals surface area contributed by atoms with Crippen LogP contribution in [0.5, 0.6) is 0 Å². The number of benzene rings is 1. The highest BCUT2D eigenvalue weighted by Crippen LogP contribution is 2.30. The van der Waals surface area contributed by atoms with Crippen LogP contribution in [0.25, 0.3) is 11.3 Å². The van der Waals surface area contributed by atoms with E-state index in [1.54, 1.807) is 24.3 Å². The summed E-state index contributed by atoms with van der Waals surface area (Å²) < 4.78 is 4.65. The van der Waals surface area contributed by atoms with Gasteiger partial charge in [-0.1, -0.05) is 34.8 Å². The van der Waals surface area contributed by atoms with Gasteiger partial charge in [-0.05, 0) is 30.3 Å². The summed E-state index contributed by atoms with van der Waals surface area (Å²) in [6.45, 7) is 0. The van der Waals surface area contributed by atoms with Gasteiger partial charge in [0.2, 0.25) is 0 Å². The molecule has 0 aliphatic heterocycles. The standard InChI is InChI=1S/C13H8Cl3NO2/c1-19-13(18)7-4-11(17-12(16)5-7)9-3-2-8(14)6-10(9)15/h2-6H,1H3. The summed E-state index contributed by atoms with van der Waals surface area (Å²) in [6, 6.07) is 7.99. The molecule has 0 radical (unpaired) electrons. The number of rotatable bonds is 2. The van der Waals surface area contributed by atoms with Crippen molar-refractivity contribution in [2.75, 3.05) is 7.11 Å². The summed E-state index contributed by atoms with van der Waals surface area (Å²) in [7, 11) is 1.30. The van der Waals surface area contributed by atoms with Crippen molar-refractivity contribution in [2.24, 2.45) is 0 Å². The Kier molecular flexibility index (Phi) is 4.30. The lowest BCUT2D eigenvalue weighted by Gasteiger charge is -2.07. The van der Waals surface area contributed by atoms with Gasteiger partial charge in [0.15, 0.2) is 0 Å². The van der Waals surface area contributed by atoms with Crippen molar-refractivity contribution in [1.29, 1.82) is 0 Å². The molecule has 0 aliphatic rings. The number of hydrogen-bond donors (Lipinski definition) is 0. The zero-order valence-electron chi connectivity index (χ0n) is 9.78. The zero-order chi connectivity index (χ0) is 14.0. The van der Waals surface area contributed by atoms with Gasteiger partial charge in [0.1, 0.15) is 5.15 Å². The van der Waals surface area contributed by atoms with Crippen LogP contribution in [-0.4, -0.2) is 18.1 Å². The molecule has 6 heteroatoms. The van der Waals surface area contributed by atoms with E-state index in [0.717, 1.165) is 0 Å². The first-order chi connectivity index (χ1) is 9.01. The quantitative estimate of drug-likeness (QED) is 0.605. The lowest BCUT2D eigenvalue weighted by molar-refractivity contribution is 0.0600. The monoisotopic (exact) mass is 315 g/mol. The van der Waals surface area contributed by atoms with Gasteiger partial charge in [0.05, 0.1) is 23.4 Å². The zero-order valence-corrected chi connectivity index (χ0v) is 12.1. The second-order valence-electron chi connectivity index (χ2n) is 3.68. The molecule has 1 aromatic heterocycles. The van der Waals surface area contributed by atoms with Crippen LogP contribution in [0.2, 0.25) is 15.2 Å². The van der Waals surface area contributed by atoms with E-state index in [-0.39, 0.29) is 5.15 Å². The highest BCUT2D eigenvalue weighted by atomic mass is 35.5. The van der Waals surface area contributed by atoms with Crippen LogP contribution >= 0.6 is 34.8 Å². The molecule has 0 saturated carbocycles. The Hall–Kier alpha value is -1.29. The number of carbonyl (C=O) groups is 1. The minimum Gasteiger partial charge on any atom is -0.465 e. The molecule has 0 saturated heterocycles. The Morgan fingerprint density at radius 1 is 1.16 bits per heavy atom. The van der Waals surface area contributed by atoms with Gasteiger partial charge in [-0.3, -0.25) is 0 Å². The van der Waals surface area contributed by atoms with Gasteiger partial charge in [-0.15, -0.1) is 0 Å². The fourth-order valence-corrected chi connectivity index (χ4v) is 2.28. The van der Waals surface area contributed by atoms with E-state index in [4.69, 9.17) is 34.8 Å². The maximum absolute atomic E-state index is 11.5. The Bertz CT molecular complexity index is 644. The van der Waals surface area contributed by atoms with E-state index < -0.39 is 5.97 Å². The second kappa shape index (κ2) is 5.78. The minimum atomic E-state index is -0.490. The Labute approximate surface area is 125 Å². The molecule has 2 rings (SSSR count). The summed E-state index contributed by atoms with van der Waals surface area (Å²) in [4.78, 5) is 15.7. The lowest BCUT2D eigenvalue weighted by Crippen LogP contribution is -2.02. The largest absolute Gasteiger partial charge is 0.465 e. The molecule has 0 spiro atoms. The minimum absolute atomic E-state index is 0.184. The van der Waals surface area contributed by atoms with Crippen LogP contribution in [0.1, 0.15) is 10.4 Å². The molecular weight excluding hydrogens is 309 g/mol. The van der Waals surface area contributed by atoms with Crippen molar-refractivity contribution in [2.45, 2.75) is 0 Å². The summed E-state index contributed by atoms with van der Waals surface area (Å²) in [5.74, 6) is -0.490. The smallest absolute Gasteiger partial charge is 0.338 e. The van der Waals surface area contributed by atoms with Crippen LogP contribution in [-0.2, 0) is 4.74 Å². The number of hydrogen-bond acceptors (Lipinski definition) is 3. The summed E-state index contributed by atoms with van der Waals surface area (Å²) >= 11 is 17.8. The van der Waals surface area contributed by atoms with E-state index in [1.165, 1.54) is 13.2 Å². The van der Waals surface area contributed by atoms with E-state index in [2.05, 4.69) is 9.72 Å². The number of aromatic nitrogens is 1. The molecular formula is C13H8Cl3NO2. The van der Waals surface area contributed by atoms with Crippen molar-refractivity contribution in [3.05, 3.63) is 51.1 Å². The Morgan fingerprint density at radius 3 is 2.53 bits per heavy atom. The molecule has 2 aromatic rings. The fourth-order valence-electron chi connectivity index (χ4n) is 1.57. The lowest BCUT2D eigenvalue weighted by atomic mass is 10.1. The number of carbonyl (C=O) groups excluding carboxylic acids is 1. The third kappa shape index (κ3) is 3.18. The third-order valence-corrected chi connectivity index (χ3v) is 3.16. The molecule has 3 nitrogen and oxygen atoms in total. The first-order valence-electron chi connectivity index (χ1n) is 5.22. The van der Waals surface area contributed by atoms with Crippen LogP contribution < -0.4 is 0 Å². The van der Waals surface area contributed by atoms with Gasteiger partial charge >= 0.3 is 5.97 Å². The number of nitrogens with zero attached hydrogens (tertiary/aromatic N) is 1. The topological polar surface area (TPSA) is 39.2 Å². The molecule has 0 N–H and O–H groups in total. The molecule has 98 valence electrons. The number of halogens is 3. The van der Waals surface area contributed by atoms with Gasteiger partial charge in [0, 0.05) is 10.6 Å². The van der Waals surface area contributed by atoms with E-state index in [0.29, 0.717) is 26.9 Å². The summed E-state index contributed by atoms with van der Waals surface area (Å²) in [6.07, 6.45) is 0. The van der Waals surface area contributed by atoms with Crippen LogP contribution in [0.4, 0.5) is 0 Å². The van der Waals surface area contributed by atoms with Gasteiger partial charge in [0.25, 0.3) is 0 Å². The maximum atomic E-state index is 11.5. The number of methoxy groups -OCH3 is 1. The summed E-state index contributed by atoms with van der Waals surface area (Å²) in [5, 5.41) is 1.13. The van der Waals surface area contributed by atoms with E-state index in [1.807, 2.05) is 0 Å². The molecule has 19 heavy (non-hydrogen) atoms. The first-order valence-corrected chi connectivity index (χ1v) is 6.36. The van der Waals surface area contributed by atoms with Gasteiger partial charge in [-0.2, -0.15) is 0 Å². The number of esters is 1. The number of ether oxygens (including phenoxy) is 1. The predicted molar refractivity (Wildman–Crippen MR) is 76.0 cm³/mol. The highest BCUT2D eigenvalue weighted by Gasteiger charge is 2.12. The Balaban J connectivity index is 2.56. The normalized spacial score (nSPS) is 10.3. The van der Waals surface area contributed by atoms with Crippen LogP contribution in [0.3, 0.4) is 0 Å². The second-order valence-corrected chi connectivity index (χ2v) is 4.91. The van der Waals surface area contributed by atoms with Crippen LogP contribution in [0, 0.1) is 0 Å². The Morgan fingerprint density at radius 2 is 1.89 bits per heavy atom. The van der Waals surface area contributed by atoms with Crippen LogP contribution in [0.15, 0.2) is 30.3 Å². The maximum Gasteiger partial charge on any atom is 0.338 e. The molecule has 0 unspecified atom stereocenters. The van der Waals surface area contributed by atoms with Crippen molar-refractivity contribution in [3.8, 4) is 11.3 Å². The average molecular weight is 317 g/mol. The van der Waals surface area contributed by atoms with Crippen molar-refractivity contribution in [3.63, 3.8) is 0 Å². The van der Waals surface area contributed by atoms with Crippen molar-refractivity contribution in [1.82, 2.24) is 4.98 Å². The molecule has 1 heterocycles. The summed E-state index contributed by atoms with van der Waals surface area (Å²) in [5.41, 5.74) is 1.43. The molecule has 0 fully saturated rings. The predicted octanol–water partition coefficient (Wildman–Crippen LogP) is 4.50. The first kappa shape index (κ1) is 14.1. The third-order valence-electron chi connectivity index (χ3n) is 2.42.